The Hall–Kier alpha value is 0.734. The Bertz CT molecular complexity index is 249. The zero-order valence-corrected chi connectivity index (χ0v) is 19.1. The topological polar surface area (TPSA) is 26.0 Å². The van der Waals surface area contributed by atoms with E-state index in [2.05, 4.69) is 52.7 Å². The molecule has 23 heavy (non-hydrogen) atoms. The van der Waals surface area contributed by atoms with Gasteiger partial charge in [0.15, 0.2) is 0 Å². The van der Waals surface area contributed by atoms with Crippen molar-refractivity contribution in [3.05, 3.63) is 36.6 Å². The molecule has 0 bridgehead atoms. The van der Waals surface area contributed by atoms with Gasteiger partial charge in [-0.3, -0.25) is 6.08 Å². The first kappa shape index (κ1) is 35.0. The van der Waals surface area contributed by atoms with Crippen molar-refractivity contribution >= 4 is 24.8 Å². The third kappa shape index (κ3) is 34.9. The molecule has 0 spiro atoms. The summed E-state index contributed by atoms with van der Waals surface area (Å²) >= 11 is 0. The van der Waals surface area contributed by atoms with Crippen molar-refractivity contribution in [1.82, 2.24) is 0 Å². The SMILES string of the molecule is CC(C)(N)CC1=[C-]C=CC1.C[CH-]CCC.C[CH-]CCC.Cl.Cl.[Ti+3]. The first-order valence-electron chi connectivity index (χ1n) is 8.02. The average molecular weight is 399 g/mol. The Labute approximate surface area is 174 Å². The van der Waals surface area contributed by atoms with Crippen LogP contribution in [0, 0.1) is 18.9 Å². The summed E-state index contributed by atoms with van der Waals surface area (Å²) in [6, 6.07) is 0. The van der Waals surface area contributed by atoms with Crippen molar-refractivity contribution in [1.29, 1.82) is 0 Å². The molecule has 137 valence electrons. The average Bonchev–Trinajstić information content (AvgIpc) is 2.83. The zero-order chi connectivity index (χ0) is 15.9. The van der Waals surface area contributed by atoms with Crippen molar-refractivity contribution in [3.63, 3.8) is 0 Å². The fraction of sp³-hybridized carbons (Fsp3) is 0.684. The van der Waals surface area contributed by atoms with E-state index in [0.29, 0.717) is 0 Å². The minimum Gasteiger partial charge on any atom is -0.332 e. The number of halogens is 2. The minimum absolute atomic E-state index is 0. The number of unbranched alkanes of at least 4 members (excludes halogenated alkanes) is 4. The van der Waals surface area contributed by atoms with Crippen LogP contribution < -0.4 is 5.73 Å². The Morgan fingerprint density at radius 3 is 1.70 bits per heavy atom. The largest absolute Gasteiger partial charge is 3.00 e. The molecular formula is C19H38Cl2NTi. The van der Waals surface area contributed by atoms with Crippen LogP contribution in [0.4, 0.5) is 0 Å². The van der Waals surface area contributed by atoms with E-state index < -0.39 is 0 Å². The number of hydrogen-bond donors (Lipinski definition) is 1. The second-order valence-corrected chi connectivity index (χ2v) is 5.91. The van der Waals surface area contributed by atoms with Crippen LogP contribution in [0.2, 0.25) is 0 Å². The Morgan fingerprint density at radius 1 is 1.09 bits per heavy atom. The van der Waals surface area contributed by atoms with Crippen LogP contribution in [0.3, 0.4) is 0 Å². The van der Waals surface area contributed by atoms with Gasteiger partial charge in [-0.25, -0.2) is 12.2 Å². The predicted octanol–water partition coefficient (Wildman–Crippen LogP) is 6.67. The van der Waals surface area contributed by atoms with Gasteiger partial charge in [-0.2, -0.15) is 32.3 Å². The third-order valence-electron chi connectivity index (χ3n) is 2.59. The minimum atomic E-state index is -0.0750. The molecule has 0 unspecified atom stereocenters. The molecule has 0 aromatic carbocycles. The molecule has 1 rings (SSSR count). The molecule has 0 aliphatic heterocycles. The van der Waals surface area contributed by atoms with E-state index in [1.807, 2.05) is 19.9 Å². The van der Waals surface area contributed by atoms with E-state index in [9.17, 15) is 0 Å². The standard InChI is InChI=1S/C9H14N.2C5H11.2ClH.Ti/c1-9(2,10)7-8-5-3-4-6-8;2*1-3-5-4-2;;;/h3-4H,5,7,10H2,1-2H3;2*3H,4-5H2,1-2H3;2*1H;/q3*-1;;;+3. The van der Waals surface area contributed by atoms with Crippen LogP contribution in [0.15, 0.2) is 17.7 Å². The van der Waals surface area contributed by atoms with E-state index in [1.165, 1.54) is 31.3 Å². The Balaban J connectivity index is -0.0000000728. The Kier molecular flexibility index (Phi) is 38.0. The zero-order valence-electron chi connectivity index (χ0n) is 15.9. The van der Waals surface area contributed by atoms with Crippen molar-refractivity contribution in [3.8, 4) is 0 Å². The Morgan fingerprint density at radius 2 is 1.52 bits per heavy atom. The quantitative estimate of drug-likeness (QED) is 0.392. The van der Waals surface area contributed by atoms with Gasteiger partial charge in [0.2, 0.25) is 0 Å². The molecule has 0 aromatic rings. The fourth-order valence-corrected chi connectivity index (χ4v) is 1.69. The maximum absolute atomic E-state index is 5.83. The summed E-state index contributed by atoms with van der Waals surface area (Å²) in [6.45, 7) is 12.6. The third-order valence-corrected chi connectivity index (χ3v) is 2.59. The van der Waals surface area contributed by atoms with E-state index in [4.69, 9.17) is 5.73 Å². The van der Waals surface area contributed by atoms with Crippen molar-refractivity contribution in [2.24, 2.45) is 5.73 Å². The van der Waals surface area contributed by atoms with E-state index in [0.717, 1.165) is 12.8 Å². The summed E-state index contributed by atoms with van der Waals surface area (Å²) < 4.78 is 0. The first-order valence-corrected chi connectivity index (χ1v) is 8.02. The summed E-state index contributed by atoms with van der Waals surface area (Å²) in [7, 11) is 0. The summed E-state index contributed by atoms with van der Waals surface area (Å²) in [5.41, 5.74) is 7.08. The molecule has 0 fully saturated rings. The van der Waals surface area contributed by atoms with E-state index in [1.54, 1.807) is 0 Å². The number of allylic oxidation sites excluding steroid dienone is 3. The van der Waals surface area contributed by atoms with Gasteiger partial charge in [-0.15, -0.1) is 24.8 Å². The van der Waals surface area contributed by atoms with Crippen LogP contribution in [0.5, 0.6) is 0 Å². The van der Waals surface area contributed by atoms with Gasteiger partial charge >= 0.3 is 21.7 Å². The number of nitrogens with two attached hydrogens (primary N) is 1. The van der Waals surface area contributed by atoms with Crippen LogP contribution in [0.1, 0.15) is 80.1 Å². The van der Waals surface area contributed by atoms with Gasteiger partial charge in [0.25, 0.3) is 0 Å². The molecule has 0 heterocycles. The molecule has 0 atom stereocenters. The van der Waals surface area contributed by atoms with Gasteiger partial charge in [0, 0.05) is 5.54 Å². The second kappa shape index (κ2) is 25.0. The van der Waals surface area contributed by atoms with Crippen molar-refractivity contribution < 1.29 is 21.7 Å². The maximum Gasteiger partial charge on any atom is 3.00 e. The van der Waals surface area contributed by atoms with Gasteiger partial charge < -0.3 is 18.6 Å². The van der Waals surface area contributed by atoms with Gasteiger partial charge in [-0.05, 0) is 20.3 Å². The van der Waals surface area contributed by atoms with Crippen LogP contribution in [0.25, 0.3) is 0 Å². The van der Waals surface area contributed by atoms with Gasteiger partial charge in [0.05, 0.1) is 0 Å². The molecule has 2 N–H and O–H groups in total. The molecule has 1 aliphatic carbocycles. The molecular weight excluding hydrogens is 361 g/mol. The maximum atomic E-state index is 5.83. The number of hydrogen-bond acceptors (Lipinski definition) is 1. The molecule has 0 amide bonds. The predicted molar refractivity (Wildman–Crippen MR) is 108 cm³/mol. The smallest absolute Gasteiger partial charge is 0.332 e. The molecule has 0 saturated carbocycles. The molecule has 1 nitrogen and oxygen atoms in total. The van der Waals surface area contributed by atoms with Crippen LogP contribution in [-0.4, -0.2) is 5.54 Å². The van der Waals surface area contributed by atoms with Gasteiger partial charge in [0.1, 0.15) is 0 Å². The van der Waals surface area contributed by atoms with E-state index in [-0.39, 0.29) is 52.1 Å². The van der Waals surface area contributed by atoms with Gasteiger partial charge in [-0.1, -0.05) is 33.1 Å². The number of rotatable bonds is 6. The molecule has 0 aromatic heterocycles. The molecule has 4 heteroatoms. The van der Waals surface area contributed by atoms with E-state index >= 15 is 0 Å². The van der Waals surface area contributed by atoms with Crippen LogP contribution in [-0.2, 0) is 21.7 Å². The van der Waals surface area contributed by atoms with Crippen LogP contribution >= 0.6 is 24.8 Å². The monoisotopic (exact) mass is 398 g/mol. The molecule has 0 saturated heterocycles. The summed E-state index contributed by atoms with van der Waals surface area (Å²) in [5, 5.41) is 0. The normalized spacial score (nSPS) is 11.3. The summed E-state index contributed by atoms with van der Waals surface area (Å²) in [4.78, 5) is 0. The molecule has 1 aliphatic rings. The fourth-order valence-electron chi connectivity index (χ4n) is 1.69. The van der Waals surface area contributed by atoms with Crippen molar-refractivity contribution in [2.75, 3.05) is 0 Å². The first-order chi connectivity index (χ1) is 9.41. The summed E-state index contributed by atoms with van der Waals surface area (Å²) in [6.07, 6.45) is 18.7. The second-order valence-electron chi connectivity index (χ2n) is 5.91. The molecule has 1 radical (unpaired) electrons. The summed E-state index contributed by atoms with van der Waals surface area (Å²) in [5.74, 6) is 0. The van der Waals surface area contributed by atoms with Crippen molar-refractivity contribution in [2.45, 2.75) is 85.6 Å².